The molecule has 7 heteroatoms. The maximum Gasteiger partial charge on any atom is 0.322 e. The molecule has 0 atom stereocenters. The summed E-state index contributed by atoms with van der Waals surface area (Å²) < 4.78 is 13.6. The van der Waals surface area contributed by atoms with Crippen molar-refractivity contribution in [3.8, 4) is 0 Å². The molecule has 0 aliphatic carbocycles. The van der Waals surface area contributed by atoms with Crippen LogP contribution in [0.2, 0.25) is 0 Å². The van der Waals surface area contributed by atoms with E-state index in [1.807, 2.05) is 0 Å². The van der Waals surface area contributed by atoms with E-state index in [-0.39, 0.29) is 17.8 Å². The zero-order valence-electron chi connectivity index (χ0n) is 13.9. The molecule has 2 aromatic rings. The zero-order valence-corrected chi connectivity index (χ0v) is 13.9. The van der Waals surface area contributed by atoms with E-state index in [0.717, 1.165) is 0 Å². The molecule has 1 fully saturated rings. The lowest BCUT2D eigenvalue weighted by Crippen LogP contribution is -2.51. The van der Waals surface area contributed by atoms with E-state index < -0.39 is 0 Å². The Balaban J connectivity index is 1.57. The number of halogens is 1. The Labute approximate surface area is 145 Å². The number of carbonyl (C=O) groups is 2. The highest BCUT2D eigenvalue weighted by molar-refractivity contribution is 5.94. The van der Waals surface area contributed by atoms with Crippen LogP contribution in [0.15, 0.2) is 42.7 Å². The Morgan fingerprint density at radius 2 is 1.84 bits per heavy atom. The Morgan fingerprint density at radius 3 is 2.48 bits per heavy atom. The predicted octanol–water partition coefficient (Wildman–Crippen LogP) is 2.52. The van der Waals surface area contributed by atoms with Gasteiger partial charge in [-0.25, -0.2) is 9.18 Å². The molecule has 1 N–H and O–H groups in total. The summed E-state index contributed by atoms with van der Waals surface area (Å²) in [5, 5.41) is 2.77. The molecule has 3 amide bonds. The van der Waals surface area contributed by atoms with Crippen LogP contribution in [0.1, 0.15) is 15.9 Å². The second-order valence-corrected chi connectivity index (χ2v) is 5.92. The highest BCUT2D eigenvalue weighted by Gasteiger charge is 2.25. The number of nitrogens with one attached hydrogen (secondary N) is 1. The van der Waals surface area contributed by atoms with Crippen molar-refractivity contribution >= 4 is 17.6 Å². The average molecular weight is 342 g/mol. The van der Waals surface area contributed by atoms with E-state index >= 15 is 0 Å². The van der Waals surface area contributed by atoms with Gasteiger partial charge in [-0.05, 0) is 36.8 Å². The average Bonchev–Trinajstić information content (AvgIpc) is 2.64. The molecule has 3 rings (SSSR count). The maximum absolute atomic E-state index is 13.6. The van der Waals surface area contributed by atoms with E-state index in [1.165, 1.54) is 6.07 Å². The van der Waals surface area contributed by atoms with Crippen LogP contribution >= 0.6 is 0 Å². The first-order valence-electron chi connectivity index (χ1n) is 8.06. The van der Waals surface area contributed by atoms with Crippen LogP contribution in [-0.4, -0.2) is 52.9 Å². The number of amides is 3. The minimum atomic E-state index is -0.389. The summed E-state index contributed by atoms with van der Waals surface area (Å²) in [5.74, 6) is -0.605. The van der Waals surface area contributed by atoms with E-state index in [4.69, 9.17) is 0 Å². The van der Waals surface area contributed by atoms with Gasteiger partial charge < -0.3 is 15.1 Å². The van der Waals surface area contributed by atoms with E-state index in [1.54, 1.807) is 53.4 Å². The summed E-state index contributed by atoms with van der Waals surface area (Å²) in [5.41, 5.74) is 1.46. The molecule has 1 aliphatic heterocycles. The van der Waals surface area contributed by atoms with Gasteiger partial charge in [-0.2, -0.15) is 0 Å². The van der Waals surface area contributed by atoms with Crippen molar-refractivity contribution in [1.82, 2.24) is 14.8 Å². The molecule has 0 bridgehead atoms. The minimum Gasteiger partial charge on any atom is -0.335 e. The topological polar surface area (TPSA) is 65.5 Å². The monoisotopic (exact) mass is 342 g/mol. The van der Waals surface area contributed by atoms with Crippen LogP contribution in [0.5, 0.6) is 0 Å². The van der Waals surface area contributed by atoms with E-state index in [9.17, 15) is 14.0 Å². The summed E-state index contributed by atoms with van der Waals surface area (Å²) >= 11 is 0. The lowest BCUT2D eigenvalue weighted by Gasteiger charge is -2.34. The third-order valence-corrected chi connectivity index (χ3v) is 4.19. The van der Waals surface area contributed by atoms with Crippen molar-refractivity contribution in [2.75, 3.05) is 31.5 Å². The van der Waals surface area contributed by atoms with Crippen molar-refractivity contribution in [2.45, 2.75) is 6.92 Å². The molecular formula is C18H19FN4O2. The smallest absolute Gasteiger partial charge is 0.322 e. The third kappa shape index (κ3) is 3.93. The molecule has 1 aromatic heterocycles. The number of hydrogen-bond acceptors (Lipinski definition) is 3. The van der Waals surface area contributed by atoms with Gasteiger partial charge in [-0.1, -0.05) is 6.07 Å². The van der Waals surface area contributed by atoms with Gasteiger partial charge in [0.15, 0.2) is 0 Å². The molecule has 1 saturated heterocycles. The number of piperazine rings is 1. The highest BCUT2D eigenvalue weighted by atomic mass is 19.1. The Morgan fingerprint density at radius 1 is 1.12 bits per heavy atom. The van der Waals surface area contributed by atoms with Gasteiger partial charge in [0.25, 0.3) is 5.91 Å². The van der Waals surface area contributed by atoms with Gasteiger partial charge in [-0.15, -0.1) is 0 Å². The molecule has 1 aromatic carbocycles. The molecule has 25 heavy (non-hydrogen) atoms. The van der Waals surface area contributed by atoms with Crippen LogP contribution in [-0.2, 0) is 0 Å². The first kappa shape index (κ1) is 16.9. The number of carbonyl (C=O) groups excluding carboxylic acids is 2. The van der Waals surface area contributed by atoms with Crippen LogP contribution in [0.25, 0.3) is 0 Å². The quantitative estimate of drug-likeness (QED) is 0.912. The predicted molar refractivity (Wildman–Crippen MR) is 91.9 cm³/mol. The Bertz CT molecular complexity index is 774. The van der Waals surface area contributed by atoms with Gasteiger partial charge in [-0.3, -0.25) is 9.78 Å². The fraction of sp³-hybridized carbons (Fsp3) is 0.278. The third-order valence-electron chi connectivity index (χ3n) is 4.19. The summed E-state index contributed by atoms with van der Waals surface area (Å²) in [4.78, 5) is 31.9. The first-order valence-corrected chi connectivity index (χ1v) is 8.06. The van der Waals surface area contributed by atoms with Crippen molar-refractivity contribution in [3.63, 3.8) is 0 Å². The summed E-state index contributed by atoms with van der Waals surface area (Å²) in [6.07, 6.45) is 3.21. The number of aromatic nitrogens is 1. The van der Waals surface area contributed by atoms with Crippen LogP contribution < -0.4 is 5.32 Å². The van der Waals surface area contributed by atoms with Crippen LogP contribution in [0.4, 0.5) is 14.9 Å². The largest absolute Gasteiger partial charge is 0.335 e. The summed E-state index contributed by atoms with van der Waals surface area (Å²) in [6.45, 7) is 3.32. The Kier molecular flexibility index (Phi) is 4.92. The highest BCUT2D eigenvalue weighted by Crippen LogP contribution is 2.14. The molecular weight excluding hydrogens is 323 g/mol. The van der Waals surface area contributed by atoms with Gasteiger partial charge >= 0.3 is 6.03 Å². The molecule has 0 unspecified atom stereocenters. The van der Waals surface area contributed by atoms with Gasteiger partial charge in [0.05, 0.1) is 11.9 Å². The van der Waals surface area contributed by atoms with Crippen LogP contribution in [0.3, 0.4) is 0 Å². The molecule has 1 aliphatic rings. The standard InChI is InChI=1S/C18H19FN4O2/c1-13-4-5-14(11-16(13)19)17(24)22-7-9-23(10-8-22)18(25)21-15-3-2-6-20-12-15/h2-6,11-12H,7-10H2,1H3,(H,21,25). The number of hydrogen-bond donors (Lipinski definition) is 1. The molecule has 0 saturated carbocycles. The van der Waals surface area contributed by atoms with Crippen molar-refractivity contribution in [1.29, 1.82) is 0 Å². The van der Waals surface area contributed by atoms with Gasteiger partial charge in [0.2, 0.25) is 0 Å². The van der Waals surface area contributed by atoms with Gasteiger partial charge in [0.1, 0.15) is 5.82 Å². The van der Waals surface area contributed by atoms with E-state index in [2.05, 4.69) is 10.3 Å². The lowest BCUT2D eigenvalue weighted by molar-refractivity contribution is 0.0671. The fourth-order valence-corrected chi connectivity index (χ4v) is 2.66. The number of pyridine rings is 1. The number of rotatable bonds is 2. The molecule has 0 spiro atoms. The van der Waals surface area contributed by atoms with E-state index in [0.29, 0.717) is 43.0 Å². The lowest BCUT2D eigenvalue weighted by atomic mass is 10.1. The van der Waals surface area contributed by atoms with Gasteiger partial charge in [0, 0.05) is 37.9 Å². The molecule has 2 heterocycles. The number of anilines is 1. The molecule has 130 valence electrons. The summed E-state index contributed by atoms with van der Waals surface area (Å²) in [6, 6.07) is 7.77. The van der Waals surface area contributed by atoms with Crippen molar-refractivity contribution in [3.05, 3.63) is 59.7 Å². The van der Waals surface area contributed by atoms with Crippen molar-refractivity contribution < 1.29 is 14.0 Å². The fourth-order valence-electron chi connectivity index (χ4n) is 2.66. The second-order valence-electron chi connectivity index (χ2n) is 5.92. The second kappa shape index (κ2) is 7.29. The SMILES string of the molecule is Cc1ccc(C(=O)N2CCN(C(=O)Nc3cccnc3)CC2)cc1F. The summed E-state index contributed by atoms with van der Waals surface area (Å²) in [7, 11) is 0. The number of urea groups is 1. The normalized spacial score (nSPS) is 14.3. The first-order chi connectivity index (χ1) is 12.0. The maximum atomic E-state index is 13.6. The Hall–Kier alpha value is -2.96. The zero-order chi connectivity index (χ0) is 17.8. The number of nitrogens with zero attached hydrogens (tertiary/aromatic N) is 3. The van der Waals surface area contributed by atoms with Crippen molar-refractivity contribution in [2.24, 2.45) is 0 Å². The number of benzene rings is 1. The molecule has 6 nitrogen and oxygen atoms in total. The molecule has 0 radical (unpaired) electrons. The van der Waals surface area contributed by atoms with Crippen LogP contribution in [0, 0.1) is 12.7 Å². The number of aryl methyl sites for hydroxylation is 1. The minimum absolute atomic E-state index is 0.216.